The molecule has 2 aliphatic rings. The number of fused-ring (bicyclic) bond motifs is 1. The predicted octanol–water partition coefficient (Wildman–Crippen LogP) is 1.98. The van der Waals surface area contributed by atoms with Gasteiger partial charge < -0.3 is 15.3 Å². The zero-order chi connectivity index (χ0) is 13.8. The standard InChI is InChI=1S/C17H26N2O/c20-13-15(14-5-2-1-3-6-14)12-18-16-8-10-19-9-4-7-17(19)11-16/h1-3,5-6,15-18,20H,4,7-13H2/t15-,16+,17+/m0/s1. The molecule has 3 heteroatoms. The van der Waals surface area contributed by atoms with Gasteiger partial charge in [-0.3, -0.25) is 0 Å². The summed E-state index contributed by atoms with van der Waals surface area (Å²) >= 11 is 0. The molecule has 3 nitrogen and oxygen atoms in total. The second kappa shape index (κ2) is 6.70. The van der Waals surface area contributed by atoms with Crippen molar-refractivity contribution in [1.82, 2.24) is 10.2 Å². The number of rotatable bonds is 5. The van der Waals surface area contributed by atoms with E-state index in [0.717, 1.165) is 12.6 Å². The minimum Gasteiger partial charge on any atom is -0.396 e. The monoisotopic (exact) mass is 274 g/mol. The van der Waals surface area contributed by atoms with Gasteiger partial charge in [-0.25, -0.2) is 0 Å². The van der Waals surface area contributed by atoms with E-state index in [1.165, 1.54) is 44.3 Å². The molecule has 0 spiro atoms. The fourth-order valence-electron chi connectivity index (χ4n) is 3.73. The molecular weight excluding hydrogens is 248 g/mol. The van der Waals surface area contributed by atoms with E-state index in [2.05, 4.69) is 34.5 Å². The van der Waals surface area contributed by atoms with Gasteiger partial charge >= 0.3 is 0 Å². The first-order valence-corrected chi connectivity index (χ1v) is 8.00. The average molecular weight is 274 g/mol. The minimum absolute atomic E-state index is 0.220. The van der Waals surface area contributed by atoms with Crippen molar-refractivity contribution in [2.45, 2.75) is 43.7 Å². The second-order valence-corrected chi connectivity index (χ2v) is 6.25. The predicted molar refractivity (Wildman–Crippen MR) is 81.9 cm³/mol. The summed E-state index contributed by atoms with van der Waals surface area (Å²) in [5.41, 5.74) is 1.24. The molecule has 110 valence electrons. The highest BCUT2D eigenvalue weighted by Crippen LogP contribution is 2.27. The van der Waals surface area contributed by atoms with Gasteiger partial charge in [-0.15, -0.1) is 0 Å². The van der Waals surface area contributed by atoms with Crippen LogP contribution in [0.4, 0.5) is 0 Å². The number of aliphatic hydroxyl groups excluding tert-OH is 1. The fourth-order valence-corrected chi connectivity index (χ4v) is 3.73. The maximum Gasteiger partial charge on any atom is 0.0511 e. The van der Waals surface area contributed by atoms with Crippen molar-refractivity contribution < 1.29 is 5.11 Å². The van der Waals surface area contributed by atoms with Gasteiger partial charge in [-0.05, 0) is 44.3 Å². The van der Waals surface area contributed by atoms with Crippen molar-refractivity contribution in [1.29, 1.82) is 0 Å². The fraction of sp³-hybridized carbons (Fsp3) is 0.647. The van der Waals surface area contributed by atoms with Crippen LogP contribution in [-0.2, 0) is 0 Å². The van der Waals surface area contributed by atoms with Crippen LogP contribution in [-0.4, -0.2) is 48.3 Å². The molecule has 2 aliphatic heterocycles. The highest BCUT2D eigenvalue weighted by molar-refractivity contribution is 5.20. The van der Waals surface area contributed by atoms with Crippen molar-refractivity contribution in [3.63, 3.8) is 0 Å². The van der Waals surface area contributed by atoms with Crippen LogP contribution >= 0.6 is 0 Å². The molecule has 0 unspecified atom stereocenters. The molecule has 1 aromatic rings. The van der Waals surface area contributed by atoms with Crippen molar-refractivity contribution >= 4 is 0 Å². The number of benzene rings is 1. The Morgan fingerprint density at radius 1 is 1.20 bits per heavy atom. The topological polar surface area (TPSA) is 35.5 Å². The third kappa shape index (κ3) is 3.22. The van der Waals surface area contributed by atoms with Crippen molar-refractivity contribution in [3.8, 4) is 0 Å². The van der Waals surface area contributed by atoms with Crippen LogP contribution in [0.25, 0.3) is 0 Å². The van der Waals surface area contributed by atoms with E-state index in [0.29, 0.717) is 6.04 Å². The Labute approximate surface area is 122 Å². The van der Waals surface area contributed by atoms with E-state index in [1.54, 1.807) is 0 Å². The molecule has 0 saturated carbocycles. The van der Waals surface area contributed by atoms with Gasteiger partial charge in [0.05, 0.1) is 6.61 Å². The van der Waals surface area contributed by atoms with Gasteiger partial charge in [0.1, 0.15) is 0 Å². The Morgan fingerprint density at radius 2 is 2.05 bits per heavy atom. The summed E-state index contributed by atoms with van der Waals surface area (Å²) in [5.74, 6) is 0.220. The van der Waals surface area contributed by atoms with Crippen LogP contribution in [0.2, 0.25) is 0 Å². The van der Waals surface area contributed by atoms with E-state index >= 15 is 0 Å². The van der Waals surface area contributed by atoms with Gasteiger partial charge in [0.2, 0.25) is 0 Å². The Morgan fingerprint density at radius 3 is 2.85 bits per heavy atom. The molecule has 0 aliphatic carbocycles. The SMILES string of the molecule is OC[C@H](CN[C@@H]1CCN2CCC[C@@H]2C1)c1ccccc1. The highest BCUT2D eigenvalue weighted by atomic mass is 16.3. The Kier molecular flexibility index (Phi) is 4.71. The lowest BCUT2D eigenvalue weighted by atomic mass is 9.95. The third-order valence-corrected chi connectivity index (χ3v) is 4.96. The lowest BCUT2D eigenvalue weighted by molar-refractivity contribution is 0.163. The normalized spacial score (nSPS) is 28.2. The number of nitrogens with one attached hydrogen (secondary N) is 1. The van der Waals surface area contributed by atoms with Crippen LogP contribution in [0.15, 0.2) is 30.3 Å². The molecule has 0 radical (unpaired) electrons. The summed E-state index contributed by atoms with van der Waals surface area (Å²) < 4.78 is 0. The number of aliphatic hydroxyl groups is 1. The number of nitrogens with zero attached hydrogens (tertiary/aromatic N) is 1. The first-order valence-electron chi connectivity index (χ1n) is 8.00. The highest BCUT2D eigenvalue weighted by Gasteiger charge is 2.31. The summed E-state index contributed by atoms with van der Waals surface area (Å²) in [6.45, 7) is 3.66. The Balaban J connectivity index is 1.51. The molecule has 2 fully saturated rings. The molecule has 0 bridgehead atoms. The first kappa shape index (κ1) is 14.1. The van der Waals surface area contributed by atoms with Crippen LogP contribution in [0.3, 0.4) is 0 Å². The number of hydrogen-bond donors (Lipinski definition) is 2. The lowest BCUT2D eigenvalue weighted by Gasteiger charge is -2.35. The van der Waals surface area contributed by atoms with Crippen LogP contribution in [0.5, 0.6) is 0 Å². The first-order chi connectivity index (χ1) is 9.86. The zero-order valence-corrected chi connectivity index (χ0v) is 12.2. The third-order valence-electron chi connectivity index (χ3n) is 4.96. The summed E-state index contributed by atoms with van der Waals surface area (Å²) in [7, 11) is 0. The molecule has 2 N–H and O–H groups in total. The van der Waals surface area contributed by atoms with E-state index < -0.39 is 0 Å². The molecule has 0 aromatic heterocycles. The molecule has 3 atom stereocenters. The summed E-state index contributed by atoms with van der Waals surface area (Å²) in [5, 5.41) is 13.3. The molecule has 2 heterocycles. The van der Waals surface area contributed by atoms with Crippen LogP contribution in [0, 0.1) is 0 Å². The van der Waals surface area contributed by atoms with E-state index in [1.807, 2.05) is 6.07 Å². The Hall–Kier alpha value is -0.900. The quantitative estimate of drug-likeness (QED) is 0.862. The second-order valence-electron chi connectivity index (χ2n) is 6.25. The van der Waals surface area contributed by atoms with Gasteiger partial charge in [0.15, 0.2) is 0 Å². The smallest absolute Gasteiger partial charge is 0.0511 e. The molecule has 0 amide bonds. The maximum absolute atomic E-state index is 9.61. The van der Waals surface area contributed by atoms with Crippen LogP contribution < -0.4 is 5.32 Å². The van der Waals surface area contributed by atoms with Crippen molar-refractivity contribution in [2.75, 3.05) is 26.2 Å². The molecular formula is C17H26N2O. The Bertz CT molecular complexity index is 409. The zero-order valence-electron chi connectivity index (χ0n) is 12.2. The lowest BCUT2D eigenvalue weighted by Crippen LogP contribution is -2.46. The molecule has 20 heavy (non-hydrogen) atoms. The van der Waals surface area contributed by atoms with Gasteiger partial charge in [0.25, 0.3) is 0 Å². The summed E-state index contributed by atoms with van der Waals surface area (Å²) in [6, 6.07) is 11.8. The number of hydrogen-bond acceptors (Lipinski definition) is 3. The molecule has 2 saturated heterocycles. The van der Waals surface area contributed by atoms with E-state index in [9.17, 15) is 5.11 Å². The summed E-state index contributed by atoms with van der Waals surface area (Å²) in [6.07, 6.45) is 5.29. The van der Waals surface area contributed by atoms with Gasteiger partial charge in [0, 0.05) is 24.5 Å². The maximum atomic E-state index is 9.61. The van der Waals surface area contributed by atoms with Crippen molar-refractivity contribution in [3.05, 3.63) is 35.9 Å². The molecule has 1 aromatic carbocycles. The van der Waals surface area contributed by atoms with Gasteiger partial charge in [-0.2, -0.15) is 0 Å². The largest absolute Gasteiger partial charge is 0.396 e. The minimum atomic E-state index is 0.220. The molecule has 3 rings (SSSR count). The van der Waals surface area contributed by atoms with Crippen LogP contribution in [0.1, 0.15) is 37.2 Å². The summed E-state index contributed by atoms with van der Waals surface area (Å²) in [4.78, 5) is 2.65. The number of piperidine rings is 1. The van der Waals surface area contributed by atoms with Gasteiger partial charge in [-0.1, -0.05) is 30.3 Å². The van der Waals surface area contributed by atoms with Crippen molar-refractivity contribution in [2.24, 2.45) is 0 Å². The van der Waals surface area contributed by atoms with E-state index in [4.69, 9.17) is 0 Å². The average Bonchev–Trinajstić information content (AvgIpc) is 2.96. The van der Waals surface area contributed by atoms with E-state index in [-0.39, 0.29) is 12.5 Å².